The average Bonchev–Trinajstić information content (AvgIpc) is 2.47. The van der Waals surface area contributed by atoms with E-state index < -0.39 is 11.2 Å². The van der Waals surface area contributed by atoms with Gasteiger partial charge in [-0.3, -0.25) is 4.90 Å². The van der Waals surface area contributed by atoms with Crippen molar-refractivity contribution in [3.8, 4) is 0 Å². The second-order valence-electron chi connectivity index (χ2n) is 8.47. The van der Waals surface area contributed by atoms with Crippen LogP contribution in [0.5, 0.6) is 0 Å². The van der Waals surface area contributed by atoms with Crippen LogP contribution in [0.3, 0.4) is 0 Å². The minimum Gasteiger partial charge on any atom is -0.444 e. The lowest BCUT2D eigenvalue weighted by Crippen LogP contribution is -2.63. The van der Waals surface area contributed by atoms with Gasteiger partial charge in [0.2, 0.25) is 0 Å². The maximum Gasteiger partial charge on any atom is 0.410 e. The maximum atomic E-state index is 12.6. The van der Waals surface area contributed by atoms with Crippen molar-refractivity contribution < 1.29 is 19.4 Å². The predicted octanol–water partition coefficient (Wildman–Crippen LogP) is 3.29. The molecule has 2 heterocycles. The molecule has 5 heteroatoms. The first-order valence-electron chi connectivity index (χ1n) is 8.98. The van der Waals surface area contributed by atoms with Gasteiger partial charge in [-0.25, -0.2) is 4.79 Å². The van der Waals surface area contributed by atoms with Crippen molar-refractivity contribution in [3.05, 3.63) is 34.9 Å². The van der Waals surface area contributed by atoms with Crippen LogP contribution in [0.2, 0.25) is 0 Å². The number of aliphatic hydroxyl groups is 1. The number of carbonyl (C=O) groups excluding carboxylic acids is 1. The van der Waals surface area contributed by atoms with Crippen molar-refractivity contribution >= 4 is 6.09 Å². The SMILES string of the molecule is Cc1ccc(C2(O)CC3COCC(C2)N3C(=O)OC(C)(C)C)cc1C. The zero-order valence-electron chi connectivity index (χ0n) is 15.8. The van der Waals surface area contributed by atoms with Gasteiger partial charge >= 0.3 is 6.09 Å². The number of nitrogens with zero attached hydrogens (tertiary/aromatic N) is 1. The zero-order valence-corrected chi connectivity index (χ0v) is 15.8. The number of piperidine rings is 1. The Labute approximate surface area is 149 Å². The minimum absolute atomic E-state index is 0.172. The van der Waals surface area contributed by atoms with Crippen molar-refractivity contribution in [1.29, 1.82) is 0 Å². The number of benzene rings is 1. The molecule has 0 aliphatic carbocycles. The summed E-state index contributed by atoms with van der Waals surface area (Å²) in [6.07, 6.45) is 0.615. The molecule has 2 atom stereocenters. The van der Waals surface area contributed by atoms with E-state index in [1.807, 2.05) is 26.8 Å². The highest BCUT2D eigenvalue weighted by molar-refractivity contribution is 5.69. The number of carbonyl (C=O) groups is 1. The molecule has 1 aromatic carbocycles. The number of fused-ring (bicyclic) bond motifs is 2. The molecule has 2 fully saturated rings. The third-order valence-electron chi connectivity index (χ3n) is 5.20. The monoisotopic (exact) mass is 347 g/mol. The Hall–Kier alpha value is -1.59. The van der Waals surface area contributed by atoms with Crippen LogP contribution < -0.4 is 0 Å². The van der Waals surface area contributed by atoms with E-state index in [1.165, 1.54) is 11.1 Å². The Balaban J connectivity index is 1.85. The molecule has 2 saturated heterocycles. The fraction of sp³-hybridized carbons (Fsp3) is 0.650. The summed E-state index contributed by atoms with van der Waals surface area (Å²) in [5, 5.41) is 11.4. The van der Waals surface area contributed by atoms with E-state index in [9.17, 15) is 9.90 Å². The van der Waals surface area contributed by atoms with Gasteiger partial charge in [0, 0.05) is 12.8 Å². The molecule has 2 aliphatic heterocycles. The molecular formula is C20H29NO4. The van der Waals surface area contributed by atoms with E-state index in [2.05, 4.69) is 26.0 Å². The molecule has 2 bridgehead atoms. The summed E-state index contributed by atoms with van der Waals surface area (Å²) in [6.45, 7) is 10.6. The van der Waals surface area contributed by atoms with Gasteiger partial charge in [-0.05, 0) is 51.3 Å². The van der Waals surface area contributed by atoms with Crippen LogP contribution in [0.15, 0.2) is 18.2 Å². The van der Waals surface area contributed by atoms with Crippen LogP contribution >= 0.6 is 0 Å². The molecule has 138 valence electrons. The Kier molecular flexibility index (Phi) is 4.58. The predicted molar refractivity (Wildman–Crippen MR) is 95.5 cm³/mol. The van der Waals surface area contributed by atoms with Crippen LogP contribution in [0.25, 0.3) is 0 Å². The Morgan fingerprint density at radius 3 is 2.32 bits per heavy atom. The molecule has 25 heavy (non-hydrogen) atoms. The fourth-order valence-corrected chi connectivity index (χ4v) is 3.86. The van der Waals surface area contributed by atoms with Gasteiger partial charge in [-0.15, -0.1) is 0 Å². The number of ether oxygens (including phenoxy) is 2. The van der Waals surface area contributed by atoms with Crippen LogP contribution in [0.4, 0.5) is 4.79 Å². The molecular weight excluding hydrogens is 318 g/mol. The summed E-state index contributed by atoms with van der Waals surface area (Å²) in [4.78, 5) is 14.4. The first kappa shape index (κ1) is 18.2. The van der Waals surface area contributed by atoms with Gasteiger partial charge in [-0.1, -0.05) is 18.2 Å². The number of amides is 1. The van der Waals surface area contributed by atoms with E-state index in [4.69, 9.17) is 9.47 Å². The van der Waals surface area contributed by atoms with E-state index in [0.717, 1.165) is 5.56 Å². The van der Waals surface area contributed by atoms with Crippen molar-refractivity contribution in [2.75, 3.05) is 13.2 Å². The molecule has 0 spiro atoms. The molecule has 1 aromatic rings. The van der Waals surface area contributed by atoms with Crippen molar-refractivity contribution in [2.45, 2.75) is 70.7 Å². The summed E-state index contributed by atoms with van der Waals surface area (Å²) < 4.78 is 11.2. The second kappa shape index (κ2) is 6.29. The first-order chi connectivity index (χ1) is 11.6. The lowest BCUT2D eigenvalue weighted by molar-refractivity contribution is -0.141. The topological polar surface area (TPSA) is 59.0 Å². The maximum absolute atomic E-state index is 12.6. The van der Waals surface area contributed by atoms with Crippen LogP contribution in [-0.2, 0) is 15.1 Å². The van der Waals surface area contributed by atoms with Gasteiger partial charge in [0.1, 0.15) is 5.60 Å². The molecule has 1 N–H and O–H groups in total. The first-order valence-corrected chi connectivity index (χ1v) is 8.98. The van der Waals surface area contributed by atoms with Crippen LogP contribution in [0.1, 0.15) is 50.3 Å². The Morgan fingerprint density at radius 2 is 1.80 bits per heavy atom. The number of hydrogen-bond donors (Lipinski definition) is 1. The van der Waals surface area contributed by atoms with Gasteiger partial charge in [0.25, 0.3) is 0 Å². The quantitative estimate of drug-likeness (QED) is 0.847. The van der Waals surface area contributed by atoms with Crippen molar-refractivity contribution in [3.63, 3.8) is 0 Å². The van der Waals surface area contributed by atoms with Gasteiger partial charge in [-0.2, -0.15) is 0 Å². The minimum atomic E-state index is -0.934. The molecule has 1 amide bonds. The Bertz CT molecular complexity index is 650. The Morgan fingerprint density at radius 1 is 1.20 bits per heavy atom. The van der Waals surface area contributed by atoms with E-state index >= 15 is 0 Å². The largest absolute Gasteiger partial charge is 0.444 e. The third-order valence-corrected chi connectivity index (χ3v) is 5.20. The van der Waals surface area contributed by atoms with E-state index in [1.54, 1.807) is 4.90 Å². The molecule has 0 aromatic heterocycles. The highest BCUT2D eigenvalue weighted by atomic mass is 16.6. The normalized spacial score (nSPS) is 29.4. The third kappa shape index (κ3) is 3.67. The van der Waals surface area contributed by atoms with Gasteiger partial charge in [0.15, 0.2) is 0 Å². The van der Waals surface area contributed by atoms with Crippen LogP contribution in [0, 0.1) is 13.8 Å². The summed E-state index contributed by atoms with van der Waals surface area (Å²) in [7, 11) is 0. The molecule has 2 aliphatic rings. The number of morpholine rings is 1. The highest BCUT2D eigenvalue weighted by Gasteiger charge is 2.49. The van der Waals surface area contributed by atoms with Gasteiger partial charge in [0.05, 0.1) is 30.9 Å². The molecule has 0 radical (unpaired) electrons. The lowest BCUT2D eigenvalue weighted by Gasteiger charge is -2.51. The summed E-state index contributed by atoms with van der Waals surface area (Å²) in [5.74, 6) is 0. The summed E-state index contributed by atoms with van der Waals surface area (Å²) >= 11 is 0. The molecule has 3 rings (SSSR count). The van der Waals surface area contributed by atoms with Gasteiger partial charge < -0.3 is 14.6 Å². The van der Waals surface area contributed by atoms with E-state index in [0.29, 0.717) is 26.1 Å². The number of aryl methyl sites for hydroxylation is 2. The molecule has 5 nitrogen and oxygen atoms in total. The molecule has 2 unspecified atom stereocenters. The fourth-order valence-electron chi connectivity index (χ4n) is 3.86. The smallest absolute Gasteiger partial charge is 0.410 e. The standard InChI is InChI=1S/C20H29NO4/c1-13-6-7-15(8-14(13)2)20(23)9-16-11-24-12-17(10-20)21(16)18(22)25-19(3,4)5/h6-8,16-17,23H,9-12H2,1-5H3. The number of rotatable bonds is 1. The summed E-state index contributed by atoms with van der Waals surface area (Å²) in [6, 6.07) is 5.77. The van der Waals surface area contributed by atoms with E-state index in [-0.39, 0.29) is 18.2 Å². The second-order valence-corrected chi connectivity index (χ2v) is 8.47. The zero-order chi connectivity index (χ0) is 18.4. The van der Waals surface area contributed by atoms with Crippen molar-refractivity contribution in [1.82, 2.24) is 4.90 Å². The summed E-state index contributed by atoms with van der Waals surface area (Å²) in [5.41, 5.74) is 1.84. The number of hydrogen-bond acceptors (Lipinski definition) is 4. The average molecular weight is 347 g/mol. The van der Waals surface area contributed by atoms with Crippen molar-refractivity contribution in [2.24, 2.45) is 0 Å². The lowest BCUT2D eigenvalue weighted by atomic mass is 9.76. The van der Waals surface area contributed by atoms with Crippen LogP contribution in [-0.4, -0.2) is 47.0 Å². The highest BCUT2D eigenvalue weighted by Crippen LogP contribution is 2.41. The molecule has 0 saturated carbocycles.